The third-order valence-electron chi connectivity index (χ3n) is 1.65. The van der Waals surface area contributed by atoms with Gasteiger partial charge in [-0.1, -0.05) is 0 Å². The number of nitrogens with two attached hydrogens (primary N) is 1. The van der Waals surface area contributed by atoms with Gasteiger partial charge in [-0.3, -0.25) is 14.9 Å². The van der Waals surface area contributed by atoms with Gasteiger partial charge >= 0.3 is 5.69 Å². The Morgan fingerprint density at radius 3 is 2.56 bits per heavy atom. The second kappa shape index (κ2) is 4.47. The fraction of sp³-hybridized carbons (Fsp3) is 0.143. The Morgan fingerprint density at radius 1 is 1.62 bits per heavy atom. The number of primary amides is 1. The molecular formula is C7H4BrF2N3O3. The summed E-state index contributed by atoms with van der Waals surface area (Å²) in [6, 6.07) is 0.571. The van der Waals surface area contributed by atoms with Gasteiger partial charge in [0.25, 0.3) is 12.3 Å². The Labute approximate surface area is 95.7 Å². The third kappa shape index (κ3) is 2.30. The molecule has 1 aromatic heterocycles. The molecule has 0 aromatic carbocycles. The molecule has 0 radical (unpaired) electrons. The van der Waals surface area contributed by atoms with E-state index in [0.717, 1.165) is 0 Å². The molecule has 16 heavy (non-hydrogen) atoms. The molecule has 0 aliphatic heterocycles. The fourth-order valence-electron chi connectivity index (χ4n) is 0.987. The van der Waals surface area contributed by atoms with Crippen LogP contribution in [0.1, 0.15) is 22.5 Å². The minimum Gasteiger partial charge on any atom is -0.364 e. The van der Waals surface area contributed by atoms with E-state index in [2.05, 4.69) is 20.9 Å². The van der Waals surface area contributed by atoms with Crippen molar-refractivity contribution in [2.75, 3.05) is 0 Å². The van der Waals surface area contributed by atoms with Gasteiger partial charge in [0.2, 0.25) is 0 Å². The average Bonchev–Trinajstić information content (AvgIpc) is 2.15. The van der Waals surface area contributed by atoms with Crippen LogP contribution in [0, 0.1) is 10.1 Å². The SMILES string of the molecule is NC(=O)c1nc(Br)c([N+](=O)[O-])cc1C(F)F. The normalized spacial score (nSPS) is 10.5. The molecule has 0 unspecified atom stereocenters. The number of carbonyl (C=O) groups excluding carboxylic acids is 1. The van der Waals surface area contributed by atoms with Crippen LogP contribution in [0.5, 0.6) is 0 Å². The minimum atomic E-state index is -3.07. The van der Waals surface area contributed by atoms with E-state index in [1.807, 2.05) is 0 Å². The molecule has 0 fully saturated rings. The van der Waals surface area contributed by atoms with Crippen molar-refractivity contribution in [3.63, 3.8) is 0 Å². The first-order valence-electron chi connectivity index (χ1n) is 3.77. The fourth-order valence-corrected chi connectivity index (χ4v) is 1.42. The van der Waals surface area contributed by atoms with E-state index in [1.165, 1.54) is 0 Å². The zero-order chi connectivity index (χ0) is 12.5. The van der Waals surface area contributed by atoms with E-state index >= 15 is 0 Å². The second-order valence-corrected chi connectivity index (χ2v) is 3.41. The monoisotopic (exact) mass is 295 g/mol. The Bertz CT molecular complexity index is 466. The highest BCUT2D eigenvalue weighted by Crippen LogP contribution is 2.30. The number of nitro groups is 1. The molecular weight excluding hydrogens is 292 g/mol. The first kappa shape index (κ1) is 12.4. The van der Waals surface area contributed by atoms with Crippen molar-refractivity contribution in [3.8, 4) is 0 Å². The summed E-state index contributed by atoms with van der Waals surface area (Å²) in [4.78, 5) is 23.7. The molecule has 0 spiro atoms. The molecule has 0 saturated heterocycles. The highest BCUT2D eigenvalue weighted by molar-refractivity contribution is 9.10. The molecule has 6 nitrogen and oxygen atoms in total. The summed E-state index contributed by atoms with van der Waals surface area (Å²) in [6.07, 6.45) is -3.07. The Balaban J connectivity index is 3.49. The summed E-state index contributed by atoms with van der Waals surface area (Å²) < 4.78 is 24.6. The molecule has 0 aliphatic rings. The van der Waals surface area contributed by atoms with Crippen LogP contribution < -0.4 is 5.73 Å². The van der Waals surface area contributed by atoms with Crippen molar-refractivity contribution >= 4 is 27.5 Å². The van der Waals surface area contributed by atoms with Crippen LogP contribution in [0.4, 0.5) is 14.5 Å². The molecule has 9 heteroatoms. The summed E-state index contributed by atoms with van der Waals surface area (Å²) in [7, 11) is 0. The molecule has 0 bridgehead atoms. The average molecular weight is 296 g/mol. The summed E-state index contributed by atoms with van der Waals surface area (Å²) >= 11 is 2.69. The summed E-state index contributed by atoms with van der Waals surface area (Å²) in [6.45, 7) is 0. The van der Waals surface area contributed by atoms with E-state index in [1.54, 1.807) is 0 Å². The number of hydrogen-bond donors (Lipinski definition) is 1. The smallest absolute Gasteiger partial charge is 0.302 e. The van der Waals surface area contributed by atoms with Gasteiger partial charge in [0.1, 0.15) is 5.69 Å². The number of aromatic nitrogens is 1. The van der Waals surface area contributed by atoms with Crippen LogP contribution in [-0.4, -0.2) is 15.8 Å². The highest BCUT2D eigenvalue weighted by atomic mass is 79.9. The lowest BCUT2D eigenvalue weighted by Gasteiger charge is -2.05. The number of hydrogen-bond acceptors (Lipinski definition) is 4. The molecule has 0 saturated carbocycles. The quantitative estimate of drug-likeness (QED) is 0.522. The maximum absolute atomic E-state index is 12.5. The molecule has 1 amide bonds. The van der Waals surface area contributed by atoms with Gasteiger partial charge in [0, 0.05) is 6.07 Å². The molecule has 2 N–H and O–H groups in total. The summed E-state index contributed by atoms with van der Waals surface area (Å²) in [5, 5.41) is 10.5. The van der Waals surface area contributed by atoms with Gasteiger partial charge in [0.15, 0.2) is 4.60 Å². The van der Waals surface area contributed by atoms with Crippen LogP contribution in [0.25, 0.3) is 0 Å². The molecule has 1 heterocycles. The van der Waals surface area contributed by atoms with Gasteiger partial charge in [-0.25, -0.2) is 13.8 Å². The van der Waals surface area contributed by atoms with Crippen LogP contribution >= 0.6 is 15.9 Å². The Hall–Kier alpha value is -1.64. The van der Waals surface area contributed by atoms with Crippen molar-refractivity contribution in [3.05, 3.63) is 32.0 Å². The van der Waals surface area contributed by atoms with E-state index in [4.69, 9.17) is 5.73 Å². The number of nitrogens with zero attached hydrogens (tertiary/aromatic N) is 2. The van der Waals surface area contributed by atoms with E-state index in [9.17, 15) is 23.7 Å². The van der Waals surface area contributed by atoms with Crippen molar-refractivity contribution in [1.82, 2.24) is 4.98 Å². The topological polar surface area (TPSA) is 99.1 Å². The number of halogens is 3. The lowest BCUT2D eigenvalue weighted by atomic mass is 10.2. The highest BCUT2D eigenvalue weighted by Gasteiger charge is 2.25. The minimum absolute atomic E-state index is 0.323. The van der Waals surface area contributed by atoms with Gasteiger partial charge in [0.05, 0.1) is 10.5 Å². The van der Waals surface area contributed by atoms with E-state index in [0.29, 0.717) is 6.07 Å². The Kier molecular flexibility index (Phi) is 3.48. The van der Waals surface area contributed by atoms with Gasteiger partial charge < -0.3 is 5.73 Å². The maximum atomic E-state index is 12.5. The number of alkyl halides is 2. The van der Waals surface area contributed by atoms with Gasteiger partial charge in [-0.15, -0.1) is 0 Å². The lowest BCUT2D eigenvalue weighted by molar-refractivity contribution is -0.386. The summed E-state index contributed by atoms with van der Waals surface area (Å²) in [5.41, 5.74) is 2.62. The van der Waals surface area contributed by atoms with Gasteiger partial charge in [-0.2, -0.15) is 0 Å². The first-order chi connectivity index (χ1) is 7.34. The van der Waals surface area contributed by atoms with Crippen LogP contribution in [0.15, 0.2) is 10.7 Å². The first-order valence-corrected chi connectivity index (χ1v) is 4.56. The number of amides is 1. The van der Waals surface area contributed by atoms with Crippen molar-refractivity contribution in [2.24, 2.45) is 5.73 Å². The molecule has 0 aliphatic carbocycles. The standard InChI is InChI=1S/C7H4BrF2N3O3/c8-5-3(13(15)16)1-2(6(9)10)4(12-5)7(11)14/h1,6H,(H2,11,14). The maximum Gasteiger partial charge on any atom is 0.302 e. The molecule has 0 atom stereocenters. The lowest BCUT2D eigenvalue weighted by Crippen LogP contribution is -2.17. The van der Waals surface area contributed by atoms with Crippen molar-refractivity contribution in [2.45, 2.75) is 6.43 Å². The molecule has 1 aromatic rings. The number of pyridine rings is 1. The molecule has 1 rings (SSSR count). The van der Waals surface area contributed by atoms with E-state index in [-0.39, 0.29) is 4.60 Å². The van der Waals surface area contributed by atoms with Crippen LogP contribution in [0.2, 0.25) is 0 Å². The largest absolute Gasteiger partial charge is 0.364 e. The zero-order valence-corrected chi connectivity index (χ0v) is 9.07. The summed E-state index contributed by atoms with van der Waals surface area (Å²) in [5.74, 6) is -1.18. The van der Waals surface area contributed by atoms with Crippen LogP contribution in [-0.2, 0) is 0 Å². The zero-order valence-electron chi connectivity index (χ0n) is 7.49. The van der Waals surface area contributed by atoms with E-state index < -0.39 is 34.2 Å². The number of rotatable bonds is 3. The van der Waals surface area contributed by atoms with Gasteiger partial charge in [-0.05, 0) is 15.9 Å². The predicted molar refractivity (Wildman–Crippen MR) is 52.1 cm³/mol. The Morgan fingerprint density at radius 2 is 2.19 bits per heavy atom. The second-order valence-electron chi connectivity index (χ2n) is 2.66. The van der Waals surface area contributed by atoms with Crippen LogP contribution in [0.3, 0.4) is 0 Å². The van der Waals surface area contributed by atoms with Crippen molar-refractivity contribution in [1.29, 1.82) is 0 Å². The number of carbonyl (C=O) groups is 1. The third-order valence-corrected chi connectivity index (χ3v) is 2.24. The van der Waals surface area contributed by atoms with Crippen molar-refractivity contribution < 1.29 is 18.5 Å². The molecule has 86 valence electrons. The predicted octanol–water partition coefficient (Wildman–Crippen LogP) is 1.79.